The molecule has 2 aromatic carbocycles. The molecule has 0 aromatic heterocycles. The number of rotatable bonds is 7. The molecule has 1 fully saturated rings. The molecule has 1 aliphatic heterocycles. The Kier molecular flexibility index (Phi) is 7.05. The van der Waals surface area contributed by atoms with Crippen LogP contribution in [-0.2, 0) is 21.4 Å². The summed E-state index contributed by atoms with van der Waals surface area (Å²) in [7, 11) is -3.74. The highest BCUT2D eigenvalue weighted by Gasteiger charge is 2.26. The largest absolute Gasteiger partial charge is 0.382 e. The molecule has 0 radical (unpaired) electrons. The molecular formula is C20H21Cl2NO5S. The van der Waals surface area contributed by atoms with Crippen molar-refractivity contribution >= 4 is 39.2 Å². The van der Waals surface area contributed by atoms with Crippen LogP contribution in [0.4, 0.5) is 0 Å². The number of carbonyl (C=O) groups excluding carboxylic acids is 1. The van der Waals surface area contributed by atoms with E-state index in [0.717, 1.165) is 19.1 Å². The molecule has 156 valence electrons. The molecule has 3 rings (SSSR count). The summed E-state index contributed by atoms with van der Waals surface area (Å²) in [6.07, 6.45) is 2.64. The monoisotopic (exact) mass is 457 g/mol. The van der Waals surface area contributed by atoms with Crippen LogP contribution in [-0.4, -0.2) is 44.7 Å². The Morgan fingerprint density at radius 3 is 2.66 bits per heavy atom. The Morgan fingerprint density at radius 2 is 2.00 bits per heavy atom. The Labute approximate surface area is 180 Å². The molecule has 0 spiro atoms. The molecule has 1 amide bonds. The standard InChI is InChI=1S/C20H21Cl2NO5S/c1-29(25,26)28-19-9-8-15(21)11-14(19)12-23(13-16-5-4-10-27-16)20(24)17-6-2-3-7-18(17)22/h2-3,6-9,11,16H,4-5,10,12-13H2,1H3/t16-/m0/s1. The third-order valence-electron chi connectivity index (χ3n) is 4.46. The zero-order valence-corrected chi connectivity index (χ0v) is 18.1. The fourth-order valence-corrected chi connectivity index (χ4v) is 4.08. The van der Waals surface area contributed by atoms with Gasteiger partial charge in [-0.3, -0.25) is 4.79 Å². The van der Waals surface area contributed by atoms with Gasteiger partial charge in [0.15, 0.2) is 0 Å². The van der Waals surface area contributed by atoms with Crippen LogP contribution in [0.1, 0.15) is 28.8 Å². The molecule has 0 saturated carbocycles. The Balaban J connectivity index is 1.94. The minimum atomic E-state index is -3.74. The maximum absolute atomic E-state index is 13.2. The van der Waals surface area contributed by atoms with E-state index >= 15 is 0 Å². The molecule has 1 heterocycles. The summed E-state index contributed by atoms with van der Waals surface area (Å²) >= 11 is 12.3. The summed E-state index contributed by atoms with van der Waals surface area (Å²) in [5, 5.41) is 0.747. The number of benzene rings is 2. The van der Waals surface area contributed by atoms with Crippen molar-refractivity contribution < 1.29 is 22.1 Å². The first-order valence-electron chi connectivity index (χ1n) is 9.06. The van der Waals surface area contributed by atoms with Gasteiger partial charge in [-0.2, -0.15) is 8.42 Å². The van der Waals surface area contributed by atoms with Crippen molar-refractivity contribution in [1.29, 1.82) is 0 Å². The topological polar surface area (TPSA) is 72.9 Å². The predicted octanol–water partition coefficient (Wildman–Crippen LogP) is 4.15. The third-order valence-corrected chi connectivity index (χ3v) is 5.51. The van der Waals surface area contributed by atoms with E-state index in [1.54, 1.807) is 35.2 Å². The van der Waals surface area contributed by atoms with Crippen LogP contribution >= 0.6 is 23.2 Å². The number of amides is 1. The van der Waals surface area contributed by atoms with Crippen molar-refractivity contribution in [2.45, 2.75) is 25.5 Å². The lowest BCUT2D eigenvalue weighted by atomic mass is 10.1. The van der Waals surface area contributed by atoms with Crippen LogP contribution in [0.25, 0.3) is 0 Å². The van der Waals surface area contributed by atoms with E-state index in [9.17, 15) is 13.2 Å². The zero-order valence-electron chi connectivity index (χ0n) is 15.8. The van der Waals surface area contributed by atoms with E-state index in [-0.39, 0.29) is 24.3 Å². The number of hydrogen-bond acceptors (Lipinski definition) is 5. The molecule has 9 heteroatoms. The van der Waals surface area contributed by atoms with Crippen molar-refractivity contribution in [3.05, 3.63) is 63.6 Å². The molecule has 1 atom stereocenters. The summed E-state index contributed by atoms with van der Waals surface area (Å²) in [5.74, 6) is -0.155. The van der Waals surface area contributed by atoms with E-state index in [0.29, 0.717) is 34.3 Å². The fraction of sp³-hybridized carbons (Fsp3) is 0.350. The number of carbonyl (C=O) groups is 1. The van der Waals surface area contributed by atoms with Crippen molar-refractivity contribution in [2.24, 2.45) is 0 Å². The molecule has 1 aliphatic rings. The van der Waals surface area contributed by atoms with Gasteiger partial charge >= 0.3 is 10.1 Å². The quantitative estimate of drug-likeness (QED) is 0.583. The highest BCUT2D eigenvalue weighted by molar-refractivity contribution is 7.86. The molecule has 1 saturated heterocycles. The molecule has 0 N–H and O–H groups in total. The third kappa shape index (κ3) is 6.09. The Morgan fingerprint density at radius 1 is 1.24 bits per heavy atom. The van der Waals surface area contributed by atoms with Gasteiger partial charge < -0.3 is 13.8 Å². The van der Waals surface area contributed by atoms with Crippen molar-refractivity contribution in [3.8, 4) is 5.75 Å². The van der Waals surface area contributed by atoms with Gasteiger partial charge in [-0.25, -0.2) is 0 Å². The second-order valence-electron chi connectivity index (χ2n) is 6.84. The van der Waals surface area contributed by atoms with Gasteiger partial charge in [-0.05, 0) is 43.2 Å². The SMILES string of the molecule is CS(=O)(=O)Oc1ccc(Cl)cc1CN(C[C@@H]1CCCO1)C(=O)c1ccccc1Cl. The second kappa shape index (κ2) is 9.34. The number of hydrogen-bond donors (Lipinski definition) is 0. The second-order valence-corrected chi connectivity index (χ2v) is 9.26. The van der Waals surface area contributed by atoms with Crippen LogP contribution < -0.4 is 4.18 Å². The molecule has 0 bridgehead atoms. The van der Waals surface area contributed by atoms with E-state index in [1.807, 2.05) is 0 Å². The average molecular weight is 458 g/mol. The van der Waals surface area contributed by atoms with Crippen molar-refractivity contribution in [2.75, 3.05) is 19.4 Å². The molecule has 0 unspecified atom stereocenters. The molecule has 6 nitrogen and oxygen atoms in total. The van der Waals surface area contributed by atoms with Crippen LogP contribution in [0.15, 0.2) is 42.5 Å². The zero-order chi connectivity index (χ0) is 21.0. The van der Waals surface area contributed by atoms with E-state index in [1.165, 1.54) is 12.1 Å². The lowest BCUT2D eigenvalue weighted by molar-refractivity contribution is 0.0506. The summed E-state index contributed by atoms with van der Waals surface area (Å²) in [5.41, 5.74) is 0.834. The molecule has 0 aliphatic carbocycles. The number of ether oxygens (including phenoxy) is 1. The minimum absolute atomic E-state index is 0.0926. The Bertz CT molecular complexity index is 990. The maximum atomic E-state index is 13.2. The Hall–Kier alpha value is -1.80. The van der Waals surface area contributed by atoms with Gasteiger partial charge in [-0.15, -0.1) is 0 Å². The lowest BCUT2D eigenvalue weighted by Crippen LogP contribution is -2.37. The predicted molar refractivity (Wildman–Crippen MR) is 112 cm³/mol. The van der Waals surface area contributed by atoms with Crippen LogP contribution in [0.5, 0.6) is 5.75 Å². The number of nitrogens with zero attached hydrogens (tertiary/aromatic N) is 1. The first kappa shape index (κ1) is 21.9. The minimum Gasteiger partial charge on any atom is -0.382 e. The summed E-state index contributed by atoms with van der Waals surface area (Å²) in [6, 6.07) is 11.4. The molecule has 2 aromatic rings. The van der Waals surface area contributed by atoms with Gasteiger partial charge in [0.25, 0.3) is 5.91 Å². The van der Waals surface area contributed by atoms with Crippen molar-refractivity contribution in [3.63, 3.8) is 0 Å². The summed E-state index contributed by atoms with van der Waals surface area (Å²) in [4.78, 5) is 14.8. The van der Waals surface area contributed by atoms with Gasteiger partial charge in [-0.1, -0.05) is 35.3 Å². The van der Waals surface area contributed by atoms with Gasteiger partial charge in [0.2, 0.25) is 0 Å². The first-order chi connectivity index (χ1) is 13.7. The van der Waals surface area contributed by atoms with Crippen molar-refractivity contribution in [1.82, 2.24) is 4.90 Å². The summed E-state index contributed by atoms with van der Waals surface area (Å²) < 4.78 is 34.0. The molecular weight excluding hydrogens is 437 g/mol. The van der Waals surface area contributed by atoms with E-state index in [2.05, 4.69) is 0 Å². The van der Waals surface area contributed by atoms with Crippen LogP contribution in [0.2, 0.25) is 10.0 Å². The lowest BCUT2D eigenvalue weighted by Gasteiger charge is -2.27. The fourth-order valence-electron chi connectivity index (χ4n) is 3.18. The van der Waals surface area contributed by atoms with Gasteiger partial charge in [0.1, 0.15) is 5.75 Å². The van der Waals surface area contributed by atoms with Crippen LogP contribution in [0.3, 0.4) is 0 Å². The smallest absolute Gasteiger partial charge is 0.306 e. The van der Waals surface area contributed by atoms with E-state index in [4.69, 9.17) is 32.1 Å². The van der Waals surface area contributed by atoms with Gasteiger partial charge in [0, 0.05) is 30.3 Å². The van der Waals surface area contributed by atoms with Crippen LogP contribution in [0, 0.1) is 0 Å². The number of halogens is 2. The highest BCUT2D eigenvalue weighted by Crippen LogP contribution is 2.28. The average Bonchev–Trinajstić information content (AvgIpc) is 3.15. The maximum Gasteiger partial charge on any atom is 0.306 e. The first-order valence-corrected chi connectivity index (χ1v) is 11.6. The molecule has 29 heavy (non-hydrogen) atoms. The summed E-state index contributed by atoms with van der Waals surface area (Å²) in [6.45, 7) is 1.09. The van der Waals surface area contributed by atoms with E-state index < -0.39 is 10.1 Å². The highest BCUT2D eigenvalue weighted by atomic mass is 35.5. The normalized spacial score (nSPS) is 16.6. The van der Waals surface area contributed by atoms with Gasteiger partial charge in [0.05, 0.1) is 22.9 Å².